The first-order valence-electron chi connectivity index (χ1n) is 6.75. The maximum absolute atomic E-state index is 14.0. The molecule has 0 aliphatic heterocycles. The van der Waals surface area contributed by atoms with Crippen molar-refractivity contribution < 1.29 is 13.6 Å². The van der Waals surface area contributed by atoms with E-state index in [0.717, 1.165) is 0 Å². The van der Waals surface area contributed by atoms with Crippen LogP contribution in [-0.2, 0) is 4.79 Å². The molecule has 2 aromatic carbocycles. The summed E-state index contributed by atoms with van der Waals surface area (Å²) in [5, 5.41) is 0. The second-order valence-corrected chi connectivity index (χ2v) is 7.01. The lowest BCUT2D eigenvalue weighted by Crippen LogP contribution is -2.18. The molecule has 0 spiro atoms. The third-order valence-corrected chi connectivity index (χ3v) is 4.70. The molecule has 0 aromatic heterocycles. The van der Waals surface area contributed by atoms with Crippen LogP contribution in [0.4, 0.5) is 8.78 Å². The van der Waals surface area contributed by atoms with Gasteiger partial charge in [0.25, 0.3) is 0 Å². The molecule has 0 saturated carbocycles. The van der Waals surface area contributed by atoms with Crippen LogP contribution >= 0.6 is 31.9 Å². The quantitative estimate of drug-likeness (QED) is 0.583. The number of rotatable bonds is 4. The number of carbonyl (C=O) groups excluding carboxylic acids is 1. The summed E-state index contributed by atoms with van der Waals surface area (Å²) in [6.45, 7) is 3.28. The second kappa shape index (κ2) is 7.01. The van der Waals surface area contributed by atoms with Crippen molar-refractivity contribution in [3.63, 3.8) is 0 Å². The lowest BCUT2D eigenvalue weighted by atomic mass is 9.85. The van der Waals surface area contributed by atoms with E-state index in [0.29, 0.717) is 20.1 Å². The van der Waals surface area contributed by atoms with E-state index in [4.69, 9.17) is 0 Å². The number of carbonyl (C=O) groups is 1. The minimum absolute atomic E-state index is 0.220. The van der Waals surface area contributed by atoms with Gasteiger partial charge in [0.1, 0.15) is 17.4 Å². The van der Waals surface area contributed by atoms with Crippen LogP contribution in [0.1, 0.15) is 36.8 Å². The van der Waals surface area contributed by atoms with Crippen LogP contribution in [-0.4, -0.2) is 5.78 Å². The summed E-state index contributed by atoms with van der Waals surface area (Å²) < 4.78 is 29.2. The van der Waals surface area contributed by atoms with E-state index in [9.17, 15) is 13.6 Å². The molecule has 0 bridgehead atoms. The molecule has 5 heteroatoms. The van der Waals surface area contributed by atoms with Crippen LogP contribution in [0, 0.1) is 11.6 Å². The topological polar surface area (TPSA) is 17.1 Å². The molecule has 0 aliphatic carbocycles. The monoisotopic (exact) mass is 430 g/mol. The van der Waals surface area contributed by atoms with E-state index >= 15 is 0 Å². The highest BCUT2D eigenvalue weighted by Gasteiger charge is 2.26. The summed E-state index contributed by atoms with van der Waals surface area (Å²) in [6.07, 6.45) is 0. The van der Waals surface area contributed by atoms with Crippen LogP contribution < -0.4 is 0 Å². The number of halogens is 4. The van der Waals surface area contributed by atoms with Crippen molar-refractivity contribution in [2.75, 3.05) is 0 Å². The average Bonchev–Trinajstić information content (AvgIpc) is 2.45. The van der Waals surface area contributed by atoms with Crippen LogP contribution in [0.15, 0.2) is 45.3 Å². The number of ketones is 1. The Morgan fingerprint density at radius 2 is 1.23 bits per heavy atom. The summed E-state index contributed by atoms with van der Waals surface area (Å²) in [6, 6.07) is 9.17. The Kier molecular flexibility index (Phi) is 5.50. The van der Waals surface area contributed by atoms with E-state index in [1.807, 2.05) is 0 Å². The van der Waals surface area contributed by atoms with E-state index in [-0.39, 0.29) is 5.78 Å². The zero-order chi connectivity index (χ0) is 16.4. The molecular formula is C17H14Br2F2O. The van der Waals surface area contributed by atoms with E-state index in [1.165, 1.54) is 12.1 Å². The molecular weight excluding hydrogens is 418 g/mol. The van der Waals surface area contributed by atoms with Gasteiger partial charge in [0.15, 0.2) is 0 Å². The first-order valence-corrected chi connectivity index (χ1v) is 8.33. The molecule has 116 valence electrons. The minimum atomic E-state index is -0.647. The molecule has 2 rings (SSSR count). The predicted octanol–water partition coefficient (Wildman–Crippen LogP) is 5.97. The van der Waals surface area contributed by atoms with Gasteiger partial charge in [0.2, 0.25) is 0 Å². The van der Waals surface area contributed by atoms with Crippen molar-refractivity contribution in [1.82, 2.24) is 0 Å². The van der Waals surface area contributed by atoms with Gasteiger partial charge in [-0.2, -0.15) is 0 Å². The Morgan fingerprint density at radius 1 is 0.864 bits per heavy atom. The Labute approximate surface area is 145 Å². The van der Waals surface area contributed by atoms with E-state index < -0.39 is 23.5 Å². The molecule has 2 unspecified atom stereocenters. The second-order valence-electron chi connectivity index (χ2n) is 5.18. The molecule has 22 heavy (non-hydrogen) atoms. The van der Waals surface area contributed by atoms with E-state index in [2.05, 4.69) is 31.9 Å². The van der Waals surface area contributed by atoms with Gasteiger partial charge >= 0.3 is 0 Å². The van der Waals surface area contributed by atoms with Crippen molar-refractivity contribution in [3.8, 4) is 0 Å². The third-order valence-electron chi connectivity index (χ3n) is 3.71. The molecule has 0 saturated heterocycles. The normalized spacial score (nSPS) is 13.7. The number of hydrogen-bond donors (Lipinski definition) is 0. The maximum atomic E-state index is 14.0. The fraction of sp³-hybridized carbons (Fsp3) is 0.235. The number of Topliss-reactive ketones (excluding diaryl/α,β-unsaturated/α-hetero) is 1. The molecule has 0 amide bonds. The fourth-order valence-corrected chi connectivity index (χ4v) is 3.05. The van der Waals surface area contributed by atoms with Crippen LogP contribution in [0.3, 0.4) is 0 Å². The molecule has 1 nitrogen and oxygen atoms in total. The Hall–Kier alpha value is -1.07. The molecule has 0 heterocycles. The summed E-state index contributed by atoms with van der Waals surface area (Å²) in [4.78, 5) is 12.6. The Balaban J connectivity index is 2.29. The highest BCUT2D eigenvalue weighted by molar-refractivity contribution is 9.10. The minimum Gasteiger partial charge on any atom is -0.298 e. The highest BCUT2D eigenvalue weighted by Crippen LogP contribution is 2.30. The van der Waals surface area contributed by atoms with Crippen LogP contribution in [0.5, 0.6) is 0 Å². The van der Waals surface area contributed by atoms with Crippen LogP contribution in [0.25, 0.3) is 0 Å². The van der Waals surface area contributed by atoms with Crippen molar-refractivity contribution in [3.05, 3.63) is 68.1 Å². The van der Waals surface area contributed by atoms with Crippen molar-refractivity contribution in [1.29, 1.82) is 0 Å². The van der Waals surface area contributed by atoms with Gasteiger partial charge < -0.3 is 0 Å². The number of hydrogen-bond acceptors (Lipinski definition) is 1. The predicted molar refractivity (Wildman–Crippen MR) is 90.0 cm³/mol. The summed E-state index contributed by atoms with van der Waals surface area (Å²) in [7, 11) is 0. The van der Waals surface area contributed by atoms with Gasteiger partial charge in [-0.15, -0.1) is 0 Å². The summed E-state index contributed by atoms with van der Waals surface area (Å²) >= 11 is 6.37. The Bertz CT molecular complexity index is 656. The smallest absolute Gasteiger partial charge is 0.147 e. The zero-order valence-corrected chi connectivity index (χ0v) is 15.2. The van der Waals surface area contributed by atoms with E-state index in [1.54, 1.807) is 38.1 Å². The van der Waals surface area contributed by atoms with Crippen molar-refractivity contribution in [2.24, 2.45) is 0 Å². The summed E-state index contributed by atoms with van der Waals surface area (Å²) in [5.74, 6) is -2.41. The van der Waals surface area contributed by atoms with Gasteiger partial charge in [0, 0.05) is 20.8 Å². The molecule has 2 aromatic rings. The average molecular weight is 432 g/mol. The van der Waals surface area contributed by atoms with Gasteiger partial charge in [-0.25, -0.2) is 8.78 Å². The van der Waals surface area contributed by atoms with Gasteiger partial charge in [0.05, 0.1) is 0 Å². The lowest BCUT2D eigenvalue weighted by Gasteiger charge is -2.18. The first-order chi connectivity index (χ1) is 10.3. The lowest BCUT2D eigenvalue weighted by molar-refractivity contribution is -0.121. The molecule has 0 fully saturated rings. The third kappa shape index (κ3) is 3.63. The molecule has 0 aliphatic rings. The number of benzene rings is 2. The SMILES string of the molecule is CC(C(=O)C(C)c1ccc(Br)cc1F)c1ccc(Br)cc1F. The van der Waals surface area contributed by atoms with Crippen molar-refractivity contribution in [2.45, 2.75) is 25.7 Å². The van der Waals surface area contributed by atoms with Crippen molar-refractivity contribution >= 4 is 37.6 Å². The fourth-order valence-electron chi connectivity index (χ4n) is 2.39. The molecule has 0 radical (unpaired) electrons. The standard InChI is InChI=1S/C17H14Br2F2O/c1-9(13-5-3-11(18)7-15(13)20)17(22)10(2)14-6-4-12(19)8-16(14)21/h3-10H,1-2H3. The molecule has 2 atom stereocenters. The summed E-state index contributed by atoms with van der Waals surface area (Å²) in [5.41, 5.74) is 0.634. The largest absolute Gasteiger partial charge is 0.298 e. The van der Waals surface area contributed by atoms with Crippen LogP contribution in [0.2, 0.25) is 0 Å². The van der Waals surface area contributed by atoms with Gasteiger partial charge in [-0.1, -0.05) is 57.8 Å². The van der Waals surface area contributed by atoms with Gasteiger partial charge in [-0.3, -0.25) is 4.79 Å². The Morgan fingerprint density at radius 3 is 1.55 bits per heavy atom. The first kappa shape index (κ1) is 17.3. The zero-order valence-electron chi connectivity index (χ0n) is 12.0. The molecule has 0 N–H and O–H groups in total. The maximum Gasteiger partial charge on any atom is 0.147 e. The highest BCUT2D eigenvalue weighted by atomic mass is 79.9. The van der Waals surface area contributed by atoms with Gasteiger partial charge in [-0.05, 0) is 35.4 Å².